The molecule has 6 nitrogen and oxygen atoms in total. The van der Waals surface area contributed by atoms with Gasteiger partial charge in [-0.15, -0.1) is 0 Å². The van der Waals surface area contributed by atoms with Gasteiger partial charge in [0.2, 0.25) is 0 Å². The van der Waals surface area contributed by atoms with E-state index in [-0.39, 0.29) is 12.3 Å². The number of hydrogen-bond acceptors (Lipinski definition) is 5. The highest BCUT2D eigenvalue weighted by atomic mass is 16.3. The van der Waals surface area contributed by atoms with Gasteiger partial charge in [0, 0.05) is 38.9 Å². The monoisotopic (exact) mass is 619 g/mol. The molecule has 9 aromatic rings. The Morgan fingerprint density at radius 1 is 0.562 bits per heavy atom. The van der Waals surface area contributed by atoms with Crippen molar-refractivity contribution in [3.63, 3.8) is 0 Å². The second kappa shape index (κ2) is 10.7. The molecule has 3 aromatic heterocycles. The number of rotatable bonds is 4. The van der Waals surface area contributed by atoms with E-state index in [0.717, 1.165) is 88.3 Å². The van der Waals surface area contributed by atoms with Gasteiger partial charge in [0.15, 0.2) is 5.58 Å². The van der Waals surface area contributed by atoms with Crippen molar-refractivity contribution in [2.24, 2.45) is 4.99 Å². The molecule has 4 heterocycles. The maximum absolute atomic E-state index is 6.24. The Bertz CT molecular complexity index is 2710. The highest BCUT2D eigenvalue weighted by molar-refractivity contribution is 6.15. The summed E-state index contributed by atoms with van der Waals surface area (Å²) in [4.78, 5) is 9.73. The van der Waals surface area contributed by atoms with E-state index in [0.29, 0.717) is 0 Å². The fraction of sp³-hybridized carbons (Fsp3) is 0.0476. The molecule has 0 fully saturated rings. The molecule has 2 atom stereocenters. The van der Waals surface area contributed by atoms with E-state index < -0.39 is 0 Å². The van der Waals surface area contributed by atoms with Crippen LogP contribution in [0.3, 0.4) is 0 Å². The number of nitrogens with one attached hydrogen (secondary N) is 1. The van der Waals surface area contributed by atoms with Crippen LogP contribution in [-0.4, -0.2) is 10.8 Å². The summed E-state index contributed by atoms with van der Waals surface area (Å²) in [5.41, 5.74) is 8.60. The van der Waals surface area contributed by atoms with Gasteiger partial charge >= 0.3 is 0 Å². The molecule has 228 valence electrons. The zero-order chi connectivity index (χ0) is 31.6. The molecule has 0 spiro atoms. The van der Waals surface area contributed by atoms with E-state index in [2.05, 4.69) is 77.0 Å². The molecular weight excluding hydrogens is 592 g/mol. The number of pyridine rings is 1. The Kier molecular flexibility index (Phi) is 5.98. The SMILES string of the molecule is c1ccc(C2N=C(c3ccc4c(-c5cncc6oc7ccccc7c56)cccc4c3)NC(c3cccc4oc5ccccc5c34)[N-]2)cc1. The number of benzene rings is 6. The third-order valence-electron chi connectivity index (χ3n) is 9.37. The van der Waals surface area contributed by atoms with Gasteiger partial charge in [-0.1, -0.05) is 109 Å². The molecule has 48 heavy (non-hydrogen) atoms. The van der Waals surface area contributed by atoms with Crippen molar-refractivity contribution in [1.82, 2.24) is 10.3 Å². The Labute approximate surface area is 275 Å². The number of aromatic nitrogens is 1. The first kappa shape index (κ1) is 26.9. The number of aliphatic imine (C=N–C) groups is 1. The summed E-state index contributed by atoms with van der Waals surface area (Å²) in [5, 5.41) is 15.5. The maximum atomic E-state index is 6.24. The number of para-hydroxylation sites is 2. The average Bonchev–Trinajstić information content (AvgIpc) is 3.73. The van der Waals surface area contributed by atoms with Crippen molar-refractivity contribution in [1.29, 1.82) is 0 Å². The van der Waals surface area contributed by atoms with Crippen LogP contribution in [0.2, 0.25) is 0 Å². The molecule has 6 aromatic carbocycles. The summed E-state index contributed by atoms with van der Waals surface area (Å²) in [6.45, 7) is 0. The summed E-state index contributed by atoms with van der Waals surface area (Å²) in [7, 11) is 0. The Balaban J connectivity index is 1.11. The van der Waals surface area contributed by atoms with E-state index in [1.165, 1.54) is 0 Å². The zero-order valence-corrected chi connectivity index (χ0v) is 25.7. The number of nitrogens with zero attached hydrogens (tertiary/aromatic N) is 3. The molecule has 0 radical (unpaired) electrons. The lowest BCUT2D eigenvalue weighted by Gasteiger charge is -2.44. The topological polar surface area (TPSA) is 77.7 Å². The molecule has 1 N–H and O–H groups in total. The summed E-state index contributed by atoms with van der Waals surface area (Å²) in [6.07, 6.45) is 3.02. The van der Waals surface area contributed by atoms with Gasteiger partial charge in [0.1, 0.15) is 22.6 Å². The number of hydrogen-bond donors (Lipinski definition) is 1. The first-order chi connectivity index (χ1) is 23.8. The summed E-state index contributed by atoms with van der Waals surface area (Å²) in [5.74, 6) is 0.797. The minimum atomic E-state index is -0.374. The van der Waals surface area contributed by atoms with Crippen molar-refractivity contribution in [2.45, 2.75) is 12.3 Å². The van der Waals surface area contributed by atoms with Crippen LogP contribution in [0.5, 0.6) is 0 Å². The van der Waals surface area contributed by atoms with Gasteiger partial charge in [-0.3, -0.25) is 9.98 Å². The molecule has 1 aliphatic rings. The van der Waals surface area contributed by atoms with Gasteiger partial charge in [0.25, 0.3) is 0 Å². The Morgan fingerprint density at radius 3 is 2.15 bits per heavy atom. The van der Waals surface area contributed by atoms with Crippen molar-refractivity contribution in [3.05, 3.63) is 168 Å². The molecule has 0 saturated carbocycles. The largest absolute Gasteiger partial charge is 0.613 e. The average molecular weight is 620 g/mol. The van der Waals surface area contributed by atoms with Gasteiger partial charge in [-0.2, -0.15) is 0 Å². The zero-order valence-electron chi connectivity index (χ0n) is 25.7. The van der Waals surface area contributed by atoms with Gasteiger partial charge < -0.3 is 19.5 Å². The van der Waals surface area contributed by atoms with E-state index in [9.17, 15) is 0 Å². The van der Waals surface area contributed by atoms with E-state index in [1.807, 2.05) is 72.9 Å². The fourth-order valence-electron chi connectivity index (χ4n) is 7.18. The number of amidine groups is 1. The summed E-state index contributed by atoms with van der Waals surface area (Å²) >= 11 is 0. The third kappa shape index (κ3) is 4.24. The van der Waals surface area contributed by atoms with Crippen molar-refractivity contribution >= 4 is 60.5 Å². The number of fused-ring (bicyclic) bond motifs is 7. The predicted molar refractivity (Wildman–Crippen MR) is 193 cm³/mol. The van der Waals surface area contributed by atoms with Crippen LogP contribution < -0.4 is 5.32 Å². The van der Waals surface area contributed by atoms with Crippen LogP contribution in [0, 0.1) is 0 Å². The lowest BCUT2D eigenvalue weighted by Crippen LogP contribution is -2.34. The molecular formula is C42H27N4O2-. The molecule has 2 unspecified atom stereocenters. The molecule has 6 heteroatoms. The lowest BCUT2D eigenvalue weighted by molar-refractivity contribution is 0.632. The summed E-state index contributed by atoms with van der Waals surface area (Å²) in [6, 6.07) is 45.8. The van der Waals surface area contributed by atoms with Gasteiger partial charge in [-0.05, 0) is 64.1 Å². The fourth-order valence-corrected chi connectivity index (χ4v) is 7.18. The van der Waals surface area contributed by atoms with Crippen molar-refractivity contribution in [3.8, 4) is 11.1 Å². The van der Waals surface area contributed by atoms with Crippen LogP contribution in [-0.2, 0) is 0 Å². The first-order valence-corrected chi connectivity index (χ1v) is 16.1. The van der Waals surface area contributed by atoms with E-state index in [4.69, 9.17) is 19.1 Å². The Morgan fingerprint density at radius 2 is 1.29 bits per heavy atom. The molecule has 0 aliphatic carbocycles. The van der Waals surface area contributed by atoms with Crippen LogP contribution in [0.4, 0.5) is 0 Å². The van der Waals surface area contributed by atoms with Crippen molar-refractivity contribution < 1.29 is 8.83 Å². The van der Waals surface area contributed by atoms with Crippen LogP contribution >= 0.6 is 0 Å². The third-order valence-corrected chi connectivity index (χ3v) is 9.37. The quantitative estimate of drug-likeness (QED) is 0.213. The van der Waals surface area contributed by atoms with Crippen LogP contribution in [0.25, 0.3) is 71.1 Å². The maximum Gasteiger partial charge on any atom is 0.154 e. The molecule has 1 aliphatic heterocycles. The smallest absolute Gasteiger partial charge is 0.154 e. The molecule has 0 saturated heterocycles. The second-order valence-electron chi connectivity index (χ2n) is 12.2. The van der Waals surface area contributed by atoms with Crippen LogP contribution in [0.1, 0.15) is 29.0 Å². The first-order valence-electron chi connectivity index (χ1n) is 16.1. The minimum absolute atomic E-state index is 0.340. The summed E-state index contributed by atoms with van der Waals surface area (Å²) < 4.78 is 12.4. The van der Waals surface area contributed by atoms with Gasteiger partial charge in [-0.25, -0.2) is 0 Å². The molecule has 0 bridgehead atoms. The second-order valence-corrected chi connectivity index (χ2v) is 12.2. The number of furan rings is 2. The predicted octanol–water partition coefficient (Wildman–Crippen LogP) is 10.8. The van der Waals surface area contributed by atoms with E-state index in [1.54, 1.807) is 6.20 Å². The highest BCUT2D eigenvalue weighted by Gasteiger charge is 2.21. The van der Waals surface area contributed by atoms with Crippen LogP contribution in [0.15, 0.2) is 160 Å². The normalized spacial score (nSPS) is 16.5. The molecule has 0 amide bonds. The van der Waals surface area contributed by atoms with E-state index >= 15 is 0 Å². The highest BCUT2D eigenvalue weighted by Crippen LogP contribution is 2.42. The molecule has 10 rings (SSSR count). The minimum Gasteiger partial charge on any atom is -0.613 e. The van der Waals surface area contributed by atoms with Gasteiger partial charge in [0.05, 0.1) is 6.20 Å². The Hall–Kier alpha value is -6.24. The lowest BCUT2D eigenvalue weighted by atomic mass is 9.95. The standard InChI is InChI=1S/C42H27N4O2/c1-2-10-25(11-3-1)40-44-41(46-42(45-40)32-16-9-19-36-38(32)30-13-4-6-17-34(30)47-36)27-20-21-28-26(22-27)12-8-15-29(28)33-23-43-24-37-39(33)31-14-5-7-18-35(31)48-37/h1-24,40,42H,(H,44,46)/q-1. The van der Waals surface area contributed by atoms with Crippen molar-refractivity contribution in [2.75, 3.05) is 0 Å².